The summed E-state index contributed by atoms with van der Waals surface area (Å²) in [6.07, 6.45) is 0. The first-order valence-corrected chi connectivity index (χ1v) is 7.00. The molecule has 0 aliphatic carbocycles. The number of hydrogen-bond acceptors (Lipinski definition) is 7. The zero-order chi connectivity index (χ0) is 16.3. The maximum Gasteiger partial charge on any atom is 0.321 e. The van der Waals surface area contributed by atoms with E-state index in [-0.39, 0.29) is 28.6 Å². The first kappa shape index (κ1) is 15.8. The number of nitrogens with zero attached hydrogens (tertiary/aromatic N) is 4. The normalized spacial score (nSPS) is 10.5. The topological polar surface area (TPSA) is 120 Å². The van der Waals surface area contributed by atoms with Gasteiger partial charge in [0.15, 0.2) is 16.7 Å². The van der Waals surface area contributed by atoms with E-state index in [0.29, 0.717) is 5.16 Å². The molecule has 2 rings (SSSR count). The second kappa shape index (κ2) is 6.43. The molecule has 1 heterocycles. The summed E-state index contributed by atoms with van der Waals surface area (Å²) in [4.78, 5) is 21.3. The molecular weight excluding hydrogens is 312 g/mol. The van der Waals surface area contributed by atoms with Gasteiger partial charge >= 0.3 is 11.7 Å². The van der Waals surface area contributed by atoms with Crippen molar-refractivity contribution in [2.75, 3.05) is 12.9 Å². The molecule has 10 heteroatoms. The number of carboxylic acids is 1. The number of thioether (sulfide) groups is 1. The molecule has 0 aliphatic rings. The second-order valence-electron chi connectivity index (χ2n) is 4.16. The van der Waals surface area contributed by atoms with Crippen LogP contribution in [0.15, 0.2) is 23.4 Å². The highest BCUT2D eigenvalue weighted by Crippen LogP contribution is 2.37. The summed E-state index contributed by atoms with van der Waals surface area (Å²) in [5.74, 6) is -0.780. The lowest BCUT2D eigenvalue weighted by Gasteiger charge is -2.07. The number of benzene rings is 1. The van der Waals surface area contributed by atoms with Gasteiger partial charge in [0.05, 0.1) is 17.8 Å². The molecule has 0 saturated carbocycles. The van der Waals surface area contributed by atoms with Gasteiger partial charge in [-0.25, -0.2) is 0 Å². The van der Waals surface area contributed by atoms with Gasteiger partial charge in [-0.05, 0) is 12.1 Å². The van der Waals surface area contributed by atoms with E-state index in [1.165, 1.54) is 23.8 Å². The second-order valence-corrected chi connectivity index (χ2v) is 5.10. The van der Waals surface area contributed by atoms with Gasteiger partial charge in [0.25, 0.3) is 0 Å². The third-order valence-electron chi connectivity index (χ3n) is 2.80. The van der Waals surface area contributed by atoms with Crippen LogP contribution in [0, 0.1) is 10.1 Å². The van der Waals surface area contributed by atoms with Crippen LogP contribution in [0.3, 0.4) is 0 Å². The molecular formula is C12H12N4O5S. The monoisotopic (exact) mass is 324 g/mol. The summed E-state index contributed by atoms with van der Waals surface area (Å²) in [7, 11) is 2.96. The van der Waals surface area contributed by atoms with Crippen molar-refractivity contribution in [3.63, 3.8) is 0 Å². The minimum atomic E-state index is -0.984. The quantitative estimate of drug-likeness (QED) is 0.483. The van der Waals surface area contributed by atoms with Crippen LogP contribution in [-0.2, 0) is 11.8 Å². The standard InChI is InChI=1S/C12H12N4O5S/c1-15-11(13-14-12(15)22-6-9(17)18)7-4-3-5-8(21-2)10(7)16(19)20/h3-5H,6H2,1-2H3,(H,17,18). The van der Waals surface area contributed by atoms with E-state index in [4.69, 9.17) is 9.84 Å². The number of hydrogen-bond donors (Lipinski definition) is 1. The third kappa shape index (κ3) is 3.01. The summed E-state index contributed by atoms with van der Waals surface area (Å²) in [5.41, 5.74) is 0.0387. The SMILES string of the molecule is COc1cccc(-c2nnc(SCC(=O)O)n2C)c1[N+](=O)[O-]. The van der Waals surface area contributed by atoms with E-state index in [9.17, 15) is 14.9 Å². The highest BCUT2D eigenvalue weighted by molar-refractivity contribution is 7.99. The molecule has 0 aliphatic heterocycles. The third-order valence-corrected chi connectivity index (χ3v) is 3.81. The zero-order valence-corrected chi connectivity index (χ0v) is 12.5. The average Bonchev–Trinajstić information content (AvgIpc) is 2.85. The lowest BCUT2D eigenvalue weighted by atomic mass is 10.1. The van der Waals surface area contributed by atoms with Crippen molar-refractivity contribution in [3.05, 3.63) is 28.3 Å². The predicted molar refractivity (Wildman–Crippen MR) is 78.0 cm³/mol. The zero-order valence-electron chi connectivity index (χ0n) is 11.7. The van der Waals surface area contributed by atoms with Crippen LogP contribution < -0.4 is 4.74 Å². The van der Waals surface area contributed by atoms with Crippen LogP contribution in [0.2, 0.25) is 0 Å². The number of aliphatic carboxylic acids is 1. The number of rotatable bonds is 6. The van der Waals surface area contributed by atoms with Gasteiger partial charge in [-0.1, -0.05) is 17.8 Å². The molecule has 0 amide bonds. The fraction of sp³-hybridized carbons (Fsp3) is 0.250. The Labute approximate surface area is 129 Å². The van der Waals surface area contributed by atoms with Gasteiger partial charge in [0.1, 0.15) is 5.56 Å². The molecule has 1 aromatic heterocycles. The molecule has 116 valence electrons. The molecule has 9 nitrogen and oxygen atoms in total. The average molecular weight is 324 g/mol. The van der Waals surface area contributed by atoms with Crippen molar-refractivity contribution in [3.8, 4) is 17.1 Å². The van der Waals surface area contributed by atoms with Crippen molar-refractivity contribution in [1.29, 1.82) is 0 Å². The molecule has 1 aromatic carbocycles. The van der Waals surface area contributed by atoms with E-state index in [1.54, 1.807) is 13.1 Å². The Kier molecular flexibility index (Phi) is 4.61. The van der Waals surface area contributed by atoms with E-state index in [0.717, 1.165) is 11.8 Å². The summed E-state index contributed by atoms with van der Waals surface area (Å²) < 4.78 is 6.52. The van der Waals surface area contributed by atoms with Gasteiger partial charge in [0, 0.05) is 7.05 Å². The van der Waals surface area contributed by atoms with Crippen molar-refractivity contribution in [2.24, 2.45) is 7.05 Å². The van der Waals surface area contributed by atoms with Gasteiger partial charge in [-0.2, -0.15) is 0 Å². The Morgan fingerprint density at radius 2 is 2.23 bits per heavy atom. The van der Waals surface area contributed by atoms with Crippen LogP contribution in [0.4, 0.5) is 5.69 Å². The highest BCUT2D eigenvalue weighted by Gasteiger charge is 2.25. The van der Waals surface area contributed by atoms with Crippen LogP contribution >= 0.6 is 11.8 Å². The van der Waals surface area contributed by atoms with E-state index < -0.39 is 10.9 Å². The Balaban J connectivity index is 2.49. The van der Waals surface area contributed by atoms with Crippen LogP contribution in [0.1, 0.15) is 0 Å². The largest absolute Gasteiger partial charge is 0.490 e. The number of para-hydroxylation sites is 1. The minimum absolute atomic E-state index is 0.116. The summed E-state index contributed by atoms with van der Waals surface area (Å²) in [5, 5.41) is 28.1. The summed E-state index contributed by atoms with van der Waals surface area (Å²) in [6, 6.07) is 4.63. The van der Waals surface area contributed by atoms with E-state index >= 15 is 0 Å². The summed E-state index contributed by atoms with van der Waals surface area (Å²) >= 11 is 0.984. The molecule has 0 bridgehead atoms. The number of aromatic nitrogens is 3. The molecule has 1 N–H and O–H groups in total. The highest BCUT2D eigenvalue weighted by atomic mass is 32.2. The Hall–Kier alpha value is -2.62. The number of ether oxygens (including phenoxy) is 1. The minimum Gasteiger partial charge on any atom is -0.490 e. The van der Waals surface area contributed by atoms with E-state index in [2.05, 4.69) is 10.2 Å². The van der Waals surface area contributed by atoms with E-state index in [1.807, 2.05) is 0 Å². The lowest BCUT2D eigenvalue weighted by molar-refractivity contribution is -0.385. The molecule has 0 unspecified atom stereocenters. The Morgan fingerprint density at radius 3 is 2.82 bits per heavy atom. The molecule has 0 spiro atoms. The maximum atomic E-state index is 11.3. The van der Waals surface area contributed by atoms with Crippen molar-refractivity contribution < 1.29 is 19.6 Å². The molecule has 0 radical (unpaired) electrons. The Bertz CT molecular complexity index is 730. The number of carbonyl (C=O) groups is 1. The van der Waals surface area contributed by atoms with Crippen molar-refractivity contribution >= 4 is 23.4 Å². The van der Waals surface area contributed by atoms with Crippen molar-refractivity contribution in [2.45, 2.75) is 5.16 Å². The van der Waals surface area contributed by atoms with Crippen LogP contribution in [0.5, 0.6) is 5.75 Å². The number of methoxy groups -OCH3 is 1. The fourth-order valence-electron chi connectivity index (χ4n) is 1.86. The molecule has 0 saturated heterocycles. The molecule has 0 fully saturated rings. The smallest absolute Gasteiger partial charge is 0.321 e. The molecule has 22 heavy (non-hydrogen) atoms. The first-order chi connectivity index (χ1) is 10.5. The van der Waals surface area contributed by atoms with Crippen LogP contribution in [-0.4, -0.2) is 43.6 Å². The Morgan fingerprint density at radius 1 is 1.50 bits per heavy atom. The van der Waals surface area contributed by atoms with Gasteiger partial charge in [0.2, 0.25) is 0 Å². The number of carboxylic acid groups (broad SMARTS) is 1. The predicted octanol–water partition coefficient (Wildman–Crippen LogP) is 1.58. The fourth-order valence-corrected chi connectivity index (χ4v) is 2.49. The van der Waals surface area contributed by atoms with Gasteiger partial charge in [-0.3, -0.25) is 14.9 Å². The van der Waals surface area contributed by atoms with Crippen LogP contribution in [0.25, 0.3) is 11.4 Å². The maximum absolute atomic E-state index is 11.3. The molecule has 0 atom stereocenters. The molecule has 2 aromatic rings. The first-order valence-electron chi connectivity index (χ1n) is 6.01. The lowest BCUT2D eigenvalue weighted by Crippen LogP contribution is -2.02. The van der Waals surface area contributed by atoms with Gasteiger partial charge in [-0.15, -0.1) is 10.2 Å². The number of nitro benzene ring substituents is 1. The van der Waals surface area contributed by atoms with Crippen molar-refractivity contribution in [1.82, 2.24) is 14.8 Å². The number of nitro groups is 1. The van der Waals surface area contributed by atoms with Gasteiger partial charge < -0.3 is 14.4 Å². The summed E-state index contributed by atoms with van der Waals surface area (Å²) in [6.45, 7) is 0.